The van der Waals surface area contributed by atoms with Crippen LogP contribution in [-0.2, 0) is 13.0 Å². The lowest BCUT2D eigenvalue weighted by Gasteiger charge is -2.12. The SMILES string of the molecule is CCNC(=NCc1ccnc(OC)c1)NCCc1ccccc1Cl.I. The van der Waals surface area contributed by atoms with E-state index in [-0.39, 0.29) is 24.0 Å². The predicted molar refractivity (Wildman–Crippen MR) is 114 cm³/mol. The summed E-state index contributed by atoms with van der Waals surface area (Å²) >= 11 is 6.18. The van der Waals surface area contributed by atoms with E-state index in [1.807, 2.05) is 43.3 Å². The summed E-state index contributed by atoms with van der Waals surface area (Å²) in [5.41, 5.74) is 2.17. The standard InChI is InChI=1S/C18H23ClN4O.HI/c1-3-20-18(22-11-9-15-6-4-5-7-16(15)19)23-13-14-8-10-21-17(12-14)24-2;/h4-8,10,12H,3,9,11,13H2,1-2H3,(H2,20,22,23);1H. The molecule has 7 heteroatoms. The molecule has 2 aromatic rings. The number of nitrogens with one attached hydrogen (secondary N) is 2. The van der Waals surface area contributed by atoms with Crippen LogP contribution >= 0.6 is 35.6 Å². The molecule has 0 saturated carbocycles. The van der Waals surface area contributed by atoms with Gasteiger partial charge in [0, 0.05) is 30.4 Å². The van der Waals surface area contributed by atoms with Gasteiger partial charge in [0.1, 0.15) is 0 Å². The zero-order valence-corrected chi connectivity index (χ0v) is 17.5. The Hall–Kier alpha value is -1.54. The van der Waals surface area contributed by atoms with Gasteiger partial charge in [0.05, 0.1) is 13.7 Å². The van der Waals surface area contributed by atoms with E-state index in [2.05, 4.69) is 20.6 Å². The number of hydrogen-bond donors (Lipinski definition) is 2. The highest BCUT2D eigenvalue weighted by molar-refractivity contribution is 14.0. The number of halogens is 2. The van der Waals surface area contributed by atoms with Crippen molar-refractivity contribution in [3.63, 3.8) is 0 Å². The number of aliphatic imine (C=N–C) groups is 1. The maximum atomic E-state index is 6.18. The second-order valence-corrected chi connectivity index (χ2v) is 5.58. The van der Waals surface area contributed by atoms with E-state index in [0.717, 1.165) is 41.6 Å². The molecule has 1 aromatic carbocycles. The number of pyridine rings is 1. The van der Waals surface area contributed by atoms with Crippen LogP contribution in [0.1, 0.15) is 18.1 Å². The van der Waals surface area contributed by atoms with Crippen LogP contribution in [0, 0.1) is 0 Å². The molecule has 0 unspecified atom stereocenters. The number of rotatable bonds is 7. The summed E-state index contributed by atoms with van der Waals surface area (Å²) in [5.74, 6) is 1.37. The van der Waals surface area contributed by atoms with Gasteiger partial charge in [-0.25, -0.2) is 9.98 Å². The van der Waals surface area contributed by atoms with Crippen molar-refractivity contribution in [3.8, 4) is 5.88 Å². The molecule has 0 atom stereocenters. The van der Waals surface area contributed by atoms with Gasteiger partial charge in [-0.1, -0.05) is 29.8 Å². The van der Waals surface area contributed by atoms with Crippen molar-refractivity contribution in [2.75, 3.05) is 20.2 Å². The van der Waals surface area contributed by atoms with E-state index in [0.29, 0.717) is 12.4 Å². The minimum atomic E-state index is 0. The number of hydrogen-bond acceptors (Lipinski definition) is 3. The van der Waals surface area contributed by atoms with E-state index in [4.69, 9.17) is 16.3 Å². The first-order chi connectivity index (χ1) is 11.7. The Balaban J connectivity index is 0.00000312. The quantitative estimate of drug-likeness (QED) is 0.365. The third-order valence-electron chi connectivity index (χ3n) is 3.42. The molecule has 0 saturated heterocycles. The first kappa shape index (κ1) is 21.5. The fourth-order valence-corrected chi connectivity index (χ4v) is 2.42. The monoisotopic (exact) mass is 474 g/mol. The van der Waals surface area contributed by atoms with E-state index in [9.17, 15) is 0 Å². The molecule has 2 N–H and O–H groups in total. The van der Waals surface area contributed by atoms with Gasteiger partial charge in [-0.05, 0) is 36.6 Å². The number of nitrogens with zero attached hydrogens (tertiary/aromatic N) is 2. The largest absolute Gasteiger partial charge is 0.481 e. The smallest absolute Gasteiger partial charge is 0.213 e. The summed E-state index contributed by atoms with van der Waals surface area (Å²) in [4.78, 5) is 8.69. The minimum absolute atomic E-state index is 0. The normalized spacial score (nSPS) is 10.8. The van der Waals surface area contributed by atoms with Crippen molar-refractivity contribution in [1.29, 1.82) is 0 Å². The van der Waals surface area contributed by atoms with Crippen molar-refractivity contribution in [2.24, 2.45) is 4.99 Å². The Kier molecular flexibility index (Phi) is 10.3. The van der Waals surface area contributed by atoms with Crippen molar-refractivity contribution in [1.82, 2.24) is 15.6 Å². The van der Waals surface area contributed by atoms with Crippen LogP contribution in [0.3, 0.4) is 0 Å². The number of methoxy groups -OCH3 is 1. The summed E-state index contributed by atoms with van der Waals surface area (Å²) in [5, 5.41) is 7.37. The van der Waals surface area contributed by atoms with Gasteiger partial charge in [0.2, 0.25) is 5.88 Å². The third-order valence-corrected chi connectivity index (χ3v) is 3.79. The molecule has 0 bridgehead atoms. The van der Waals surface area contributed by atoms with Crippen LogP contribution in [0.4, 0.5) is 0 Å². The van der Waals surface area contributed by atoms with Crippen LogP contribution < -0.4 is 15.4 Å². The second-order valence-electron chi connectivity index (χ2n) is 5.17. The minimum Gasteiger partial charge on any atom is -0.481 e. The lowest BCUT2D eigenvalue weighted by molar-refractivity contribution is 0.397. The molecule has 0 aliphatic carbocycles. The first-order valence-corrected chi connectivity index (χ1v) is 8.35. The van der Waals surface area contributed by atoms with E-state index in [1.54, 1.807) is 13.3 Å². The van der Waals surface area contributed by atoms with Crippen molar-refractivity contribution in [2.45, 2.75) is 19.9 Å². The molecule has 136 valence electrons. The number of benzene rings is 1. The average molecular weight is 475 g/mol. The van der Waals surface area contributed by atoms with Gasteiger partial charge >= 0.3 is 0 Å². The van der Waals surface area contributed by atoms with Crippen LogP contribution in [0.15, 0.2) is 47.6 Å². The van der Waals surface area contributed by atoms with Crippen LogP contribution in [0.2, 0.25) is 5.02 Å². The number of aromatic nitrogens is 1. The van der Waals surface area contributed by atoms with Crippen LogP contribution in [0.25, 0.3) is 0 Å². The van der Waals surface area contributed by atoms with Gasteiger partial charge in [-0.3, -0.25) is 0 Å². The molecule has 1 aromatic heterocycles. The van der Waals surface area contributed by atoms with Gasteiger partial charge < -0.3 is 15.4 Å². The molecule has 25 heavy (non-hydrogen) atoms. The fourth-order valence-electron chi connectivity index (χ4n) is 2.19. The zero-order chi connectivity index (χ0) is 17.2. The van der Waals surface area contributed by atoms with Crippen molar-refractivity contribution < 1.29 is 4.74 Å². The Bertz CT molecular complexity index is 682. The molecule has 1 heterocycles. The zero-order valence-electron chi connectivity index (χ0n) is 14.5. The maximum Gasteiger partial charge on any atom is 0.213 e. The Labute approximate surface area is 171 Å². The molecule has 0 aliphatic heterocycles. The summed E-state index contributed by atoms with van der Waals surface area (Å²) in [7, 11) is 1.61. The Morgan fingerprint density at radius 1 is 1.24 bits per heavy atom. The lowest BCUT2D eigenvalue weighted by atomic mass is 10.1. The molecule has 0 radical (unpaired) electrons. The molecule has 5 nitrogen and oxygen atoms in total. The Morgan fingerprint density at radius 2 is 2.04 bits per heavy atom. The number of guanidine groups is 1. The van der Waals surface area contributed by atoms with Gasteiger partial charge in [0.25, 0.3) is 0 Å². The summed E-state index contributed by atoms with van der Waals surface area (Å²) < 4.78 is 5.13. The topological polar surface area (TPSA) is 58.5 Å². The van der Waals surface area contributed by atoms with Crippen LogP contribution in [0.5, 0.6) is 5.88 Å². The van der Waals surface area contributed by atoms with Crippen molar-refractivity contribution in [3.05, 3.63) is 58.7 Å². The van der Waals surface area contributed by atoms with Gasteiger partial charge in [-0.2, -0.15) is 0 Å². The lowest BCUT2D eigenvalue weighted by Crippen LogP contribution is -2.38. The second kappa shape index (κ2) is 11.9. The highest BCUT2D eigenvalue weighted by Crippen LogP contribution is 2.14. The average Bonchev–Trinajstić information content (AvgIpc) is 2.61. The van der Waals surface area contributed by atoms with E-state index in [1.165, 1.54) is 0 Å². The molecule has 2 rings (SSSR count). The summed E-state index contributed by atoms with van der Waals surface area (Å²) in [6.07, 6.45) is 2.56. The van der Waals surface area contributed by atoms with Crippen molar-refractivity contribution >= 4 is 41.5 Å². The highest BCUT2D eigenvalue weighted by Gasteiger charge is 2.02. The summed E-state index contributed by atoms with van der Waals surface area (Å²) in [6.45, 7) is 4.16. The molecular weight excluding hydrogens is 451 g/mol. The van der Waals surface area contributed by atoms with Gasteiger partial charge in [-0.15, -0.1) is 24.0 Å². The van der Waals surface area contributed by atoms with Crippen LogP contribution in [-0.4, -0.2) is 31.1 Å². The van der Waals surface area contributed by atoms with E-state index >= 15 is 0 Å². The van der Waals surface area contributed by atoms with Gasteiger partial charge in [0.15, 0.2) is 5.96 Å². The number of ether oxygens (including phenoxy) is 1. The molecule has 0 fully saturated rings. The molecular formula is C18H24ClIN4O. The maximum absolute atomic E-state index is 6.18. The Morgan fingerprint density at radius 3 is 2.76 bits per heavy atom. The fraction of sp³-hybridized carbons (Fsp3) is 0.333. The van der Waals surface area contributed by atoms with E-state index < -0.39 is 0 Å². The predicted octanol–water partition coefficient (Wildman–Crippen LogP) is 3.66. The summed E-state index contributed by atoms with van der Waals surface area (Å²) in [6, 6.07) is 11.7. The highest BCUT2D eigenvalue weighted by atomic mass is 127. The first-order valence-electron chi connectivity index (χ1n) is 7.97. The third kappa shape index (κ3) is 7.48. The molecule has 0 spiro atoms. The molecule has 0 aliphatic rings. The molecule has 0 amide bonds.